The van der Waals surface area contributed by atoms with Crippen LogP contribution in [0.2, 0.25) is 0 Å². The lowest BCUT2D eigenvalue weighted by molar-refractivity contribution is -0.113. The summed E-state index contributed by atoms with van der Waals surface area (Å²) in [4.78, 5) is 26.1. The first-order valence-corrected chi connectivity index (χ1v) is 12.9. The van der Waals surface area contributed by atoms with E-state index in [4.69, 9.17) is 9.47 Å². The van der Waals surface area contributed by atoms with Gasteiger partial charge in [0, 0.05) is 28.6 Å². The molecule has 0 heterocycles. The normalized spacial score (nSPS) is 10.9. The summed E-state index contributed by atoms with van der Waals surface area (Å²) in [5.41, 5.74) is 1.42. The van der Waals surface area contributed by atoms with Crippen LogP contribution in [0.5, 0.6) is 11.5 Å². The minimum absolute atomic E-state index is 0.0850. The molecular formula is C24H24N2O6S2. The molecule has 34 heavy (non-hydrogen) atoms. The number of rotatable bonds is 9. The van der Waals surface area contributed by atoms with Crippen molar-refractivity contribution in [2.45, 2.75) is 9.79 Å². The summed E-state index contributed by atoms with van der Waals surface area (Å²) in [6.45, 7) is 0. The maximum atomic E-state index is 12.8. The summed E-state index contributed by atoms with van der Waals surface area (Å²) >= 11 is 1.23. The van der Waals surface area contributed by atoms with Gasteiger partial charge >= 0.3 is 0 Å². The van der Waals surface area contributed by atoms with Gasteiger partial charge in [-0.15, -0.1) is 11.8 Å². The fourth-order valence-corrected chi connectivity index (χ4v) is 4.50. The second-order valence-electron chi connectivity index (χ2n) is 7.15. The Morgan fingerprint density at radius 2 is 1.50 bits per heavy atom. The number of anilines is 2. The Morgan fingerprint density at radius 3 is 2.15 bits per heavy atom. The van der Waals surface area contributed by atoms with E-state index < -0.39 is 9.84 Å². The van der Waals surface area contributed by atoms with E-state index in [0.29, 0.717) is 33.3 Å². The molecule has 2 N–H and O–H groups in total. The Hall–Kier alpha value is -3.50. The second-order valence-corrected chi connectivity index (χ2v) is 10.2. The molecule has 0 radical (unpaired) electrons. The number of nitrogens with one attached hydrogen (secondary N) is 2. The highest BCUT2D eigenvalue weighted by Gasteiger charge is 2.15. The summed E-state index contributed by atoms with van der Waals surface area (Å²) in [5, 5.41) is 5.55. The van der Waals surface area contributed by atoms with Gasteiger partial charge in [-0.3, -0.25) is 9.59 Å². The number of methoxy groups -OCH3 is 2. The van der Waals surface area contributed by atoms with Gasteiger partial charge in [0.1, 0.15) is 0 Å². The van der Waals surface area contributed by atoms with Crippen LogP contribution in [0.1, 0.15) is 10.4 Å². The molecule has 0 aliphatic heterocycles. The van der Waals surface area contributed by atoms with Crippen molar-refractivity contribution in [2.24, 2.45) is 0 Å². The molecule has 3 rings (SSSR count). The minimum atomic E-state index is -3.32. The van der Waals surface area contributed by atoms with Gasteiger partial charge in [-0.25, -0.2) is 8.42 Å². The average molecular weight is 501 g/mol. The SMILES string of the molecule is COc1ccc(NC(=O)CSc2ccccc2C(=O)Nc2ccc(S(C)(=O)=O)cc2)cc1OC. The number of thioether (sulfide) groups is 1. The molecule has 0 aliphatic rings. The molecule has 10 heteroatoms. The predicted molar refractivity (Wildman–Crippen MR) is 133 cm³/mol. The summed E-state index contributed by atoms with van der Waals surface area (Å²) in [5.74, 6) is 0.529. The van der Waals surface area contributed by atoms with E-state index in [0.717, 1.165) is 6.26 Å². The van der Waals surface area contributed by atoms with E-state index in [1.165, 1.54) is 50.2 Å². The number of sulfone groups is 1. The molecule has 0 unspecified atom stereocenters. The van der Waals surface area contributed by atoms with Gasteiger partial charge in [0.2, 0.25) is 5.91 Å². The summed E-state index contributed by atoms with van der Waals surface area (Å²) in [6, 6.07) is 17.9. The Bertz CT molecular complexity index is 1290. The Balaban J connectivity index is 1.65. The van der Waals surface area contributed by atoms with Crippen LogP contribution in [0.3, 0.4) is 0 Å². The Morgan fingerprint density at radius 1 is 0.853 bits per heavy atom. The minimum Gasteiger partial charge on any atom is -0.493 e. The number of amides is 2. The van der Waals surface area contributed by atoms with E-state index in [9.17, 15) is 18.0 Å². The van der Waals surface area contributed by atoms with Crippen molar-refractivity contribution in [1.82, 2.24) is 0 Å². The molecule has 0 atom stereocenters. The lowest BCUT2D eigenvalue weighted by atomic mass is 10.2. The van der Waals surface area contributed by atoms with Crippen molar-refractivity contribution in [3.8, 4) is 11.5 Å². The zero-order chi connectivity index (χ0) is 24.7. The van der Waals surface area contributed by atoms with Gasteiger partial charge in [-0.05, 0) is 48.5 Å². The quantitative estimate of drug-likeness (QED) is 0.426. The largest absolute Gasteiger partial charge is 0.493 e. The number of benzene rings is 3. The molecule has 0 saturated carbocycles. The molecule has 0 saturated heterocycles. The third-order valence-electron chi connectivity index (χ3n) is 4.70. The van der Waals surface area contributed by atoms with Crippen LogP contribution in [0.4, 0.5) is 11.4 Å². The zero-order valence-electron chi connectivity index (χ0n) is 18.8. The summed E-state index contributed by atoms with van der Waals surface area (Å²) < 4.78 is 33.6. The second kappa shape index (κ2) is 11.1. The van der Waals surface area contributed by atoms with Gasteiger partial charge in [0.05, 0.1) is 30.4 Å². The zero-order valence-corrected chi connectivity index (χ0v) is 20.5. The van der Waals surface area contributed by atoms with Crippen LogP contribution in [0.15, 0.2) is 76.5 Å². The number of carbonyl (C=O) groups excluding carboxylic acids is 2. The average Bonchev–Trinajstić information content (AvgIpc) is 2.82. The molecular weight excluding hydrogens is 476 g/mol. The molecule has 3 aromatic rings. The number of ether oxygens (including phenoxy) is 2. The molecule has 178 valence electrons. The van der Waals surface area contributed by atoms with Crippen LogP contribution in [-0.4, -0.2) is 46.5 Å². The third kappa shape index (κ3) is 6.52. The van der Waals surface area contributed by atoms with Crippen LogP contribution in [0.25, 0.3) is 0 Å². The first-order valence-electron chi connectivity index (χ1n) is 10.1. The predicted octanol–water partition coefficient (Wildman–Crippen LogP) is 4.09. The standard InChI is InChI=1S/C24H24N2O6S2/c1-31-20-13-10-17(14-21(20)32-2)25-23(27)15-33-22-7-5-4-6-19(22)24(28)26-16-8-11-18(12-9-16)34(3,29)30/h4-14H,15H2,1-3H3,(H,25,27)(H,26,28). The van der Waals surface area contributed by atoms with Gasteiger partial charge in [0.25, 0.3) is 5.91 Å². The number of carbonyl (C=O) groups is 2. The lowest BCUT2D eigenvalue weighted by Gasteiger charge is -2.12. The maximum Gasteiger partial charge on any atom is 0.256 e. The topological polar surface area (TPSA) is 111 Å². The number of hydrogen-bond acceptors (Lipinski definition) is 7. The van der Waals surface area contributed by atoms with Gasteiger partial charge in [0.15, 0.2) is 21.3 Å². The van der Waals surface area contributed by atoms with E-state index in [-0.39, 0.29) is 22.5 Å². The van der Waals surface area contributed by atoms with Crippen LogP contribution in [-0.2, 0) is 14.6 Å². The fraction of sp³-hybridized carbons (Fsp3) is 0.167. The lowest BCUT2D eigenvalue weighted by Crippen LogP contribution is -2.16. The fourth-order valence-electron chi connectivity index (χ4n) is 3.02. The number of hydrogen-bond donors (Lipinski definition) is 2. The van der Waals surface area contributed by atoms with Crippen molar-refractivity contribution >= 4 is 44.8 Å². The smallest absolute Gasteiger partial charge is 0.256 e. The highest BCUT2D eigenvalue weighted by Crippen LogP contribution is 2.30. The Labute approximate surface area is 202 Å². The van der Waals surface area contributed by atoms with Gasteiger partial charge in [-0.2, -0.15) is 0 Å². The van der Waals surface area contributed by atoms with Crippen molar-refractivity contribution in [3.05, 3.63) is 72.3 Å². The van der Waals surface area contributed by atoms with Crippen molar-refractivity contribution in [3.63, 3.8) is 0 Å². The van der Waals surface area contributed by atoms with E-state index >= 15 is 0 Å². The molecule has 0 fully saturated rings. The van der Waals surface area contributed by atoms with E-state index in [1.807, 2.05) is 0 Å². The summed E-state index contributed by atoms with van der Waals surface area (Å²) in [6.07, 6.45) is 1.12. The molecule has 8 nitrogen and oxygen atoms in total. The van der Waals surface area contributed by atoms with E-state index in [2.05, 4.69) is 10.6 Å². The first kappa shape index (κ1) is 25.1. The highest BCUT2D eigenvalue weighted by atomic mass is 32.2. The maximum absolute atomic E-state index is 12.8. The summed E-state index contributed by atoms with van der Waals surface area (Å²) in [7, 11) is -0.272. The van der Waals surface area contributed by atoms with Gasteiger partial charge in [-0.1, -0.05) is 12.1 Å². The molecule has 3 aromatic carbocycles. The van der Waals surface area contributed by atoms with Crippen molar-refractivity contribution in [2.75, 3.05) is 36.9 Å². The molecule has 0 bridgehead atoms. The first-order chi connectivity index (χ1) is 16.2. The monoisotopic (exact) mass is 500 g/mol. The Kier molecular flexibility index (Phi) is 8.19. The third-order valence-corrected chi connectivity index (χ3v) is 6.90. The van der Waals surface area contributed by atoms with E-state index in [1.54, 1.807) is 42.5 Å². The molecule has 2 amide bonds. The van der Waals surface area contributed by atoms with Crippen LogP contribution >= 0.6 is 11.8 Å². The molecule has 0 spiro atoms. The highest BCUT2D eigenvalue weighted by molar-refractivity contribution is 8.00. The van der Waals surface area contributed by atoms with Crippen LogP contribution < -0.4 is 20.1 Å². The molecule has 0 aliphatic carbocycles. The van der Waals surface area contributed by atoms with Crippen LogP contribution in [0, 0.1) is 0 Å². The van der Waals surface area contributed by atoms with Crippen molar-refractivity contribution in [1.29, 1.82) is 0 Å². The van der Waals surface area contributed by atoms with Gasteiger partial charge < -0.3 is 20.1 Å². The van der Waals surface area contributed by atoms with Crippen molar-refractivity contribution < 1.29 is 27.5 Å². The molecule has 0 aromatic heterocycles.